The van der Waals surface area contributed by atoms with E-state index in [-0.39, 0.29) is 0 Å². The smallest absolute Gasteiger partial charge is 0.229 e. The lowest BCUT2D eigenvalue weighted by Crippen LogP contribution is -2.52. The van der Waals surface area contributed by atoms with Crippen molar-refractivity contribution < 1.29 is 14.0 Å². The summed E-state index contributed by atoms with van der Waals surface area (Å²) in [7, 11) is 2.97. The third-order valence-corrected chi connectivity index (χ3v) is 11.3. The minimum atomic E-state index is -2.56. The molecule has 0 spiro atoms. The van der Waals surface area contributed by atoms with Crippen LogP contribution in [0.25, 0.3) is 0 Å². The standard InChI is InChI=1S/C35H50N7O3P/c1-7-24-20-29(31(44-3)22-30(24)42-14-12-27(13-15-42)41-18-16-40(2)17-19-41)38-35-36-23-32(45-4)34(39-35)37-28-11-10-26(25-8-9-25)21-33(28)46(5,6)43/h10-11,20-23,25,27H,7-9,12-19H2,1-6H3,(H2,36,37,38,39). The van der Waals surface area contributed by atoms with E-state index in [2.05, 4.69) is 68.6 Å². The van der Waals surface area contributed by atoms with Crippen molar-refractivity contribution in [3.8, 4) is 11.5 Å². The van der Waals surface area contributed by atoms with Crippen LogP contribution < -0.4 is 30.3 Å². The molecule has 2 aliphatic heterocycles. The Kier molecular flexibility index (Phi) is 9.78. The van der Waals surface area contributed by atoms with Gasteiger partial charge in [-0.3, -0.25) is 4.90 Å². The molecule has 0 bridgehead atoms. The molecule has 11 heteroatoms. The van der Waals surface area contributed by atoms with Gasteiger partial charge in [0.15, 0.2) is 11.6 Å². The van der Waals surface area contributed by atoms with Gasteiger partial charge < -0.3 is 34.5 Å². The summed E-state index contributed by atoms with van der Waals surface area (Å²) in [6.07, 6.45) is 7.30. The van der Waals surface area contributed by atoms with E-state index in [1.165, 1.54) is 55.6 Å². The zero-order valence-corrected chi connectivity index (χ0v) is 29.2. The normalized spacial score (nSPS) is 18.4. The molecule has 10 nitrogen and oxygen atoms in total. The maximum atomic E-state index is 13.3. The highest BCUT2D eigenvalue weighted by atomic mass is 31.2. The summed E-state index contributed by atoms with van der Waals surface area (Å²) in [4.78, 5) is 17.0. The number of rotatable bonds is 11. The predicted octanol–water partition coefficient (Wildman–Crippen LogP) is 5.89. The Morgan fingerprint density at radius 1 is 0.891 bits per heavy atom. The molecule has 3 aliphatic rings. The topological polar surface area (TPSA) is 95.1 Å². The molecule has 2 N–H and O–H groups in total. The second kappa shape index (κ2) is 13.8. The molecule has 2 saturated heterocycles. The third kappa shape index (κ3) is 7.29. The maximum Gasteiger partial charge on any atom is 0.229 e. The van der Waals surface area contributed by atoms with Gasteiger partial charge in [-0.05, 0) is 87.7 Å². The summed E-state index contributed by atoms with van der Waals surface area (Å²) in [6, 6.07) is 11.2. The number of piperidine rings is 1. The van der Waals surface area contributed by atoms with E-state index in [1.807, 2.05) is 19.4 Å². The summed E-state index contributed by atoms with van der Waals surface area (Å²) >= 11 is 0. The lowest BCUT2D eigenvalue weighted by Gasteiger charge is -2.43. The molecule has 0 amide bonds. The van der Waals surface area contributed by atoms with E-state index in [9.17, 15) is 4.57 Å². The van der Waals surface area contributed by atoms with Crippen molar-refractivity contribution in [3.05, 3.63) is 47.7 Å². The Hall–Kier alpha value is -3.33. The first kappa shape index (κ1) is 32.6. The second-order valence-electron chi connectivity index (χ2n) is 13.4. The first-order chi connectivity index (χ1) is 22.2. The minimum absolute atomic E-state index is 0.414. The van der Waals surface area contributed by atoms with Gasteiger partial charge in [-0.2, -0.15) is 4.98 Å². The lowest BCUT2D eigenvalue weighted by molar-refractivity contribution is 0.0982. The van der Waals surface area contributed by atoms with Gasteiger partial charge in [0.2, 0.25) is 5.95 Å². The molecule has 1 aliphatic carbocycles. The quantitative estimate of drug-likeness (QED) is 0.246. The van der Waals surface area contributed by atoms with Crippen molar-refractivity contribution in [1.82, 2.24) is 19.8 Å². The molecule has 46 heavy (non-hydrogen) atoms. The van der Waals surface area contributed by atoms with E-state index >= 15 is 0 Å². The van der Waals surface area contributed by atoms with Crippen LogP contribution in [0.1, 0.15) is 49.7 Å². The van der Waals surface area contributed by atoms with Crippen molar-refractivity contribution in [2.45, 2.75) is 51.0 Å². The fraction of sp³-hybridized carbons (Fsp3) is 0.543. The van der Waals surface area contributed by atoms with Gasteiger partial charge in [0.05, 0.1) is 31.8 Å². The van der Waals surface area contributed by atoms with Gasteiger partial charge in [0.25, 0.3) is 0 Å². The molecule has 248 valence electrons. The van der Waals surface area contributed by atoms with Gasteiger partial charge in [0.1, 0.15) is 12.9 Å². The van der Waals surface area contributed by atoms with Crippen LogP contribution >= 0.6 is 7.14 Å². The van der Waals surface area contributed by atoms with Crippen LogP contribution in [0, 0.1) is 0 Å². The number of aromatic nitrogens is 2. The minimum Gasteiger partial charge on any atom is -0.494 e. The first-order valence-electron chi connectivity index (χ1n) is 16.7. The molecule has 0 radical (unpaired) electrons. The third-order valence-electron chi connectivity index (χ3n) is 9.77. The van der Waals surface area contributed by atoms with Crippen LogP contribution in [-0.2, 0) is 11.0 Å². The van der Waals surface area contributed by atoms with Crippen molar-refractivity contribution in [1.29, 1.82) is 0 Å². The molecule has 3 aromatic rings. The Balaban J connectivity index is 1.21. The molecule has 0 unspecified atom stereocenters. The molecular weight excluding hydrogens is 597 g/mol. The van der Waals surface area contributed by atoms with Crippen LogP contribution in [0.5, 0.6) is 11.5 Å². The summed E-state index contributed by atoms with van der Waals surface area (Å²) in [6.45, 7) is 12.6. The predicted molar refractivity (Wildman–Crippen MR) is 189 cm³/mol. The molecule has 2 aromatic carbocycles. The molecule has 1 saturated carbocycles. The van der Waals surface area contributed by atoms with Crippen LogP contribution in [0.4, 0.5) is 28.8 Å². The number of aryl methyl sites for hydroxylation is 1. The van der Waals surface area contributed by atoms with Gasteiger partial charge in [-0.25, -0.2) is 4.98 Å². The van der Waals surface area contributed by atoms with Gasteiger partial charge >= 0.3 is 0 Å². The number of benzene rings is 2. The number of piperazine rings is 1. The van der Waals surface area contributed by atoms with Crippen molar-refractivity contribution >= 4 is 41.3 Å². The van der Waals surface area contributed by atoms with E-state index < -0.39 is 7.14 Å². The number of hydrogen-bond donors (Lipinski definition) is 2. The number of nitrogens with zero attached hydrogens (tertiary/aromatic N) is 5. The number of methoxy groups -OCH3 is 2. The number of anilines is 5. The van der Waals surface area contributed by atoms with Gasteiger partial charge in [0, 0.05) is 62.4 Å². The fourth-order valence-corrected chi connectivity index (χ4v) is 7.98. The van der Waals surface area contributed by atoms with E-state index in [4.69, 9.17) is 14.5 Å². The highest BCUT2D eigenvalue weighted by Crippen LogP contribution is 2.45. The van der Waals surface area contributed by atoms with Crippen LogP contribution in [-0.4, -0.2) is 99.7 Å². The number of ether oxygens (including phenoxy) is 2. The van der Waals surface area contributed by atoms with E-state index in [0.717, 1.165) is 55.0 Å². The number of likely N-dealkylation sites (N-methyl/N-ethyl adjacent to an activating group) is 1. The zero-order chi connectivity index (χ0) is 32.4. The molecule has 3 heterocycles. The largest absolute Gasteiger partial charge is 0.494 e. The Morgan fingerprint density at radius 2 is 1.61 bits per heavy atom. The highest BCUT2D eigenvalue weighted by molar-refractivity contribution is 7.70. The average Bonchev–Trinajstić information content (AvgIpc) is 3.91. The van der Waals surface area contributed by atoms with Crippen LogP contribution in [0.15, 0.2) is 36.5 Å². The molecule has 6 rings (SSSR count). The summed E-state index contributed by atoms with van der Waals surface area (Å²) in [5, 5.41) is 7.65. The SMILES string of the molecule is CCc1cc(Nc2ncc(OC)c(Nc3ccc(C4CC4)cc3P(C)(C)=O)n2)c(OC)cc1N1CCC(N2CCN(C)CC2)CC1. The molecule has 0 atom stereocenters. The monoisotopic (exact) mass is 647 g/mol. The van der Waals surface area contributed by atoms with E-state index in [1.54, 1.807) is 20.4 Å². The van der Waals surface area contributed by atoms with Gasteiger partial charge in [-0.15, -0.1) is 0 Å². The fourth-order valence-electron chi connectivity index (χ4n) is 6.81. The maximum absolute atomic E-state index is 13.3. The van der Waals surface area contributed by atoms with Crippen LogP contribution in [0.3, 0.4) is 0 Å². The van der Waals surface area contributed by atoms with Crippen molar-refractivity contribution in [2.75, 3.05) is 89.4 Å². The average molecular weight is 648 g/mol. The van der Waals surface area contributed by atoms with Gasteiger partial charge in [-0.1, -0.05) is 13.0 Å². The summed E-state index contributed by atoms with van der Waals surface area (Å²) in [5.41, 5.74) is 5.34. The molecule has 3 fully saturated rings. The first-order valence-corrected chi connectivity index (χ1v) is 19.3. The summed E-state index contributed by atoms with van der Waals surface area (Å²) < 4.78 is 24.8. The lowest BCUT2D eigenvalue weighted by atomic mass is 9.99. The van der Waals surface area contributed by atoms with Crippen LogP contribution in [0.2, 0.25) is 0 Å². The Morgan fingerprint density at radius 3 is 2.24 bits per heavy atom. The van der Waals surface area contributed by atoms with Crippen molar-refractivity contribution in [3.63, 3.8) is 0 Å². The Bertz CT molecular complexity index is 1570. The Labute approximate surface area is 274 Å². The van der Waals surface area contributed by atoms with Crippen molar-refractivity contribution in [2.24, 2.45) is 0 Å². The number of hydrogen-bond acceptors (Lipinski definition) is 10. The second-order valence-corrected chi connectivity index (χ2v) is 16.5. The zero-order valence-electron chi connectivity index (χ0n) is 28.3. The highest BCUT2D eigenvalue weighted by Gasteiger charge is 2.29. The number of nitrogens with one attached hydrogen (secondary N) is 2. The molecule has 1 aromatic heterocycles. The summed E-state index contributed by atoms with van der Waals surface area (Å²) in [5.74, 6) is 2.74. The van der Waals surface area contributed by atoms with E-state index in [0.29, 0.717) is 29.5 Å². The molecular formula is C35H50N7O3P.